The van der Waals surface area contributed by atoms with Gasteiger partial charge in [0.05, 0.1) is 80.4 Å². The second kappa shape index (κ2) is 44.5. The quantitative estimate of drug-likeness (QED) is 0.0464. The van der Waals surface area contributed by atoms with Gasteiger partial charge in [0.25, 0.3) is 0 Å². The van der Waals surface area contributed by atoms with Crippen LogP contribution in [-0.2, 0) is 71.3 Å². The molecule has 0 radical (unpaired) electrons. The molecular weight excluding hydrogens is 769 g/mol. The highest BCUT2D eigenvalue weighted by atomic mass is 19.4. The Morgan fingerprint density at radius 2 is 1.32 bits per heavy atom. The van der Waals surface area contributed by atoms with E-state index < -0.39 is 30.5 Å². The van der Waals surface area contributed by atoms with Crippen molar-refractivity contribution in [3.8, 4) is 0 Å². The Kier molecular flexibility index (Phi) is 50.5. The molecule has 3 fully saturated rings. The van der Waals surface area contributed by atoms with Crippen molar-refractivity contribution in [2.24, 2.45) is 0 Å². The molecule has 3 atom stereocenters. The van der Waals surface area contributed by atoms with Crippen LogP contribution in [0.2, 0.25) is 0 Å². The van der Waals surface area contributed by atoms with E-state index in [1.54, 1.807) is 41.4 Å². The number of esters is 3. The number of hydrogen-bond donors (Lipinski definition) is 0. The molecule has 334 valence electrons. The molecule has 0 aliphatic carbocycles. The summed E-state index contributed by atoms with van der Waals surface area (Å²) >= 11 is 0. The number of halogens is 3. The fourth-order valence-electron chi connectivity index (χ4n) is 1.77. The van der Waals surface area contributed by atoms with Crippen LogP contribution in [0.25, 0.3) is 0 Å². The molecule has 3 saturated heterocycles. The molecule has 0 N–H and O–H groups in total. The first kappa shape index (κ1) is 64.7. The highest BCUT2D eigenvalue weighted by molar-refractivity contribution is 5.90. The molecule has 3 rings (SSSR count). The number of rotatable bonds is 14. The summed E-state index contributed by atoms with van der Waals surface area (Å²) in [5, 5.41) is 9.54. The molecule has 3 heterocycles. The van der Waals surface area contributed by atoms with E-state index >= 15 is 0 Å². The highest BCUT2D eigenvalue weighted by Crippen LogP contribution is 2.25. The SMILES string of the molecule is C=C(C(=O)OC)C(F)(F)F.C=C(C)C(=O)OC.C=CC(=O)COC[O-].C=CC(=O)OC.C=CCOC.C=COC.CC1CO1.COCC1(C)CO1.COCC1CO1. The van der Waals surface area contributed by atoms with Gasteiger partial charge in [-0.1, -0.05) is 39.0 Å². The monoisotopic (exact) mass is 833 g/mol. The normalized spacial score (nSPS) is 16.5. The van der Waals surface area contributed by atoms with Crippen LogP contribution in [-0.4, -0.2) is 150 Å². The summed E-state index contributed by atoms with van der Waals surface area (Å²) in [6, 6.07) is 0. The summed E-state index contributed by atoms with van der Waals surface area (Å²) in [6.45, 7) is 28.6. The van der Waals surface area contributed by atoms with Crippen molar-refractivity contribution in [1.82, 2.24) is 0 Å². The van der Waals surface area contributed by atoms with Gasteiger partial charge in [-0.2, -0.15) is 13.2 Å². The third-order valence-electron chi connectivity index (χ3n) is 5.02. The maximum Gasteiger partial charge on any atom is 0.422 e. The summed E-state index contributed by atoms with van der Waals surface area (Å²) < 4.78 is 83.9. The van der Waals surface area contributed by atoms with Crippen LogP contribution in [0.4, 0.5) is 13.2 Å². The van der Waals surface area contributed by atoms with Crippen LogP contribution in [0.5, 0.6) is 0 Å². The lowest BCUT2D eigenvalue weighted by molar-refractivity contribution is -0.429. The molecule has 0 amide bonds. The maximum atomic E-state index is 11.5. The molecule has 19 heteroatoms. The first-order valence-electron chi connectivity index (χ1n) is 16.3. The van der Waals surface area contributed by atoms with Crippen LogP contribution in [0.1, 0.15) is 20.8 Å². The highest BCUT2D eigenvalue weighted by Gasteiger charge is 2.39. The molecule has 3 unspecified atom stereocenters. The van der Waals surface area contributed by atoms with Crippen molar-refractivity contribution in [2.45, 2.75) is 44.8 Å². The van der Waals surface area contributed by atoms with E-state index in [4.69, 9.17) is 23.7 Å². The van der Waals surface area contributed by atoms with Gasteiger partial charge >= 0.3 is 24.1 Å². The Hall–Kier alpha value is -4.21. The number of hydrogen-bond acceptors (Lipinski definition) is 16. The van der Waals surface area contributed by atoms with Gasteiger partial charge in [-0.25, -0.2) is 14.4 Å². The van der Waals surface area contributed by atoms with Gasteiger partial charge in [-0.05, 0) is 33.6 Å². The fraction of sp³-hybridized carbons (Fsp3) is 0.579. The third kappa shape index (κ3) is 64.0. The summed E-state index contributed by atoms with van der Waals surface area (Å²) in [4.78, 5) is 40.3. The largest absolute Gasteiger partial charge is 0.834 e. The Bertz CT molecular complexity index is 1100. The summed E-state index contributed by atoms with van der Waals surface area (Å²) in [5.74, 6) is -2.46. The number of epoxide rings is 3. The molecule has 0 saturated carbocycles. The van der Waals surface area contributed by atoms with Crippen LogP contribution in [0, 0.1) is 0 Å². The second-order valence-electron chi connectivity index (χ2n) is 10.5. The van der Waals surface area contributed by atoms with Crippen LogP contribution in [0.15, 0.2) is 75.1 Å². The van der Waals surface area contributed by atoms with Crippen molar-refractivity contribution in [1.29, 1.82) is 0 Å². The third-order valence-corrected chi connectivity index (χ3v) is 5.02. The summed E-state index contributed by atoms with van der Waals surface area (Å²) in [6.07, 6.45) is 1.64. The zero-order valence-corrected chi connectivity index (χ0v) is 35.0. The standard InChI is InChI=1S/C5H5F3O2.C5H7O3.C5H10O2.C5H8O2.C4H8O2.C4H6O2.C4H8O.2C3H6O/c1-3(4(9)10-2)5(6,7)8;1-2-5(7)3-8-4-6;1-5(3-6-2)4-7-5;1-4(2)5(6)7-3;1-5-2-4-3-6-4;1-3-4(5)6-2;1-3-4-5-2;1-3-2-4-3;1-3-4-2/h1H2,2H3;2H,1,3-4H2;3-4H2,1-2H3;1H2,2-3H3;4H,2-3H2,1H3;3H,1H2,2H3;3H,1,4H2,2H3;3H,2H2,1H3;3H,1H2,2H3/q;-1;;;;;;;. The number of ketones is 1. The van der Waals surface area contributed by atoms with Crippen molar-refractivity contribution in [3.63, 3.8) is 0 Å². The van der Waals surface area contributed by atoms with Crippen molar-refractivity contribution in [3.05, 3.63) is 75.1 Å². The minimum Gasteiger partial charge on any atom is -0.834 e. The first-order valence-corrected chi connectivity index (χ1v) is 16.3. The number of carbonyl (C=O) groups excluding carboxylic acids is 4. The zero-order valence-electron chi connectivity index (χ0n) is 35.0. The lowest BCUT2D eigenvalue weighted by Crippen LogP contribution is -2.19. The van der Waals surface area contributed by atoms with E-state index in [-0.39, 0.29) is 24.0 Å². The van der Waals surface area contributed by atoms with Crippen LogP contribution < -0.4 is 5.11 Å². The molecule has 16 nitrogen and oxygen atoms in total. The first-order chi connectivity index (χ1) is 26.6. The van der Waals surface area contributed by atoms with Crippen LogP contribution in [0.3, 0.4) is 0 Å². The van der Waals surface area contributed by atoms with E-state index in [1.807, 2.05) is 6.92 Å². The zero-order chi connectivity index (χ0) is 45.9. The lowest BCUT2D eigenvalue weighted by atomic mass is 10.2. The number of methoxy groups -OCH3 is 7. The molecule has 0 aromatic rings. The molecule has 0 aromatic heterocycles. The summed E-state index contributed by atoms with van der Waals surface area (Å²) in [7, 11) is 10.1. The predicted molar refractivity (Wildman–Crippen MR) is 205 cm³/mol. The smallest absolute Gasteiger partial charge is 0.422 e. The Morgan fingerprint density at radius 3 is 1.42 bits per heavy atom. The van der Waals surface area contributed by atoms with Gasteiger partial charge in [-0.3, -0.25) is 4.79 Å². The van der Waals surface area contributed by atoms with E-state index in [1.165, 1.54) is 20.5 Å². The van der Waals surface area contributed by atoms with Gasteiger partial charge in [0.15, 0.2) is 5.78 Å². The van der Waals surface area contributed by atoms with Gasteiger partial charge < -0.3 is 57.2 Å². The van der Waals surface area contributed by atoms with Crippen molar-refractivity contribution < 1.29 is 89.6 Å². The maximum absolute atomic E-state index is 11.5. The Morgan fingerprint density at radius 1 is 0.842 bits per heavy atom. The average Bonchev–Trinajstić information content (AvgIpc) is 4.11. The van der Waals surface area contributed by atoms with Crippen molar-refractivity contribution >= 4 is 23.7 Å². The Balaban J connectivity index is -0.000000130. The van der Waals surface area contributed by atoms with Crippen molar-refractivity contribution in [2.75, 3.05) is 103 Å². The topological polar surface area (TPSA) is 203 Å². The van der Waals surface area contributed by atoms with Gasteiger partial charge in [-0.15, -0.1) is 6.58 Å². The fourth-order valence-corrected chi connectivity index (χ4v) is 1.77. The van der Waals surface area contributed by atoms with Crippen LogP contribution >= 0.6 is 0 Å². The minimum atomic E-state index is -4.69. The van der Waals surface area contributed by atoms with E-state index in [0.717, 1.165) is 52.3 Å². The Labute approximate surface area is 335 Å². The van der Waals surface area contributed by atoms with Gasteiger partial charge in [0.2, 0.25) is 0 Å². The molecule has 57 heavy (non-hydrogen) atoms. The molecule has 0 spiro atoms. The average molecular weight is 834 g/mol. The predicted octanol–water partition coefficient (Wildman–Crippen LogP) is 3.89. The number of ether oxygens (including phenoxy) is 11. The van der Waals surface area contributed by atoms with Gasteiger partial charge in [0.1, 0.15) is 23.9 Å². The number of carbonyl (C=O) groups is 4. The van der Waals surface area contributed by atoms with Gasteiger partial charge in [0, 0.05) is 33.0 Å². The molecule has 3 aliphatic heterocycles. The minimum absolute atomic E-state index is 0.0781. The molecule has 0 bridgehead atoms. The van der Waals surface area contributed by atoms with E-state index in [2.05, 4.69) is 74.8 Å². The van der Waals surface area contributed by atoms with E-state index in [0.29, 0.717) is 24.4 Å². The van der Waals surface area contributed by atoms with E-state index in [9.17, 15) is 37.5 Å². The molecule has 0 aromatic carbocycles. The summed E-state index contributed by atoms with van der Waals surface area (Å²) in [5.41, 5.74) is -0.980. The molecule has 3 aliphatic rings. The number of alkyl halides is 3. The second-order valence-corrected chi connectivity index (χ2v) is 10.5. The lowest BCUT2D eigenvalue weighted by Gasteiger charge is -2.05. The molecular formula is C38H64F3O16-.